The van der Waals surface area contributed by atoms with Gasteiger partial charge in [-0.1, -0.05) is 13.8 Å². The molecule has 2 rings (SSSR count). The average molecular weight is 231 g/mol. The largest absolute Gasteiger partial charge is 0.493 e. The van der Waals surface area contributed by atoms with E-state index in [9.17, 15) is 0 Å². The molecule has 0 aliphatic heterocycles. The number of hydrogen-bond acceptors (Lipinski definition) is 3. The number of methoxy groups -OCH3 is 2. The molecule has 0 radical (unpaired) electrons. The molecule has 0 saturated carbocycles. The van der Waals surface area contributed by atoms with E-state index < -0.39 is 0 Å². The van der Waals surface area contributed by atoms with Crippen molar-refractivity contribution in [3.8, 4) is 11.5 Å². The van der Waals surface area contributed by atoms with E-state index in [1.165, 1.54) is 0 Å². The van der Waals surface area contributed by atoms with Crippen LogP contribution in [0.15, 0.2) is 24.4 Å². The third-order valence-corrected chi connectivity index (χ3v) is 2.84. The normalized spacial score (nSPS) is 10.9. The van der Waals surface area contributed by atoms with Crippen LogP contribution in [-0.4, -0.2) is 19.2 Å². The Morgan fingerprint density at radius 2 is 1.53 bits per heavy atom. The van der Waals surface area contributed by atoms with Gasteiger partial charge in [0.15, 0.2) is 11.5 Å². The van der Waals surface area contributed by atoms with Crippen molar-refractivity contribution in [2.45, 2.75) is 19.8 Å². The molecule has 0 bridgehead atoms. The number of benzene rings is 1. The molecule has 2 aromatic rings. The fourth-order valence-electron chi connectivity index (χ4n) is 1.80. The number of nitrogens with zero attached hydrogens (tertiary/aromatic N) is 1. The van der Waals surface area contributed by atoms with Crippen molar-refractivity contribution in [3.05, 3.63) is 30.1 Å². The lowest BCUT2D eigenvalue weighted by atomic mass is 10.1. The zero-order chi connectivity index (χ0) is 12.4. The average Bonchev–Trinajstić information content (AvgIpc) is 2.36. The second kappa shape index (κ2) is 4.62. The molecular formula is C14H17NO2. The van der Waals surface area contributed by atoms with Gasteiger partial charge in [-0.05, 0) is 29.5 Å². The molecule has 3 nitrogen and oxygen atoms in total. The molecule has 0 amide bonds. The minimum atomic E-state index is 0.424. The van der Waals surface area contributed by atoms with E-state index in [0.717, 1.165) is 28.0 Å². The van der Waals surface area contributed by atoms with Crippen molar-refractivity contribution < 1.29 is 9.47 Å². The monoisotopic (exact) mass is 231 g/mol. The van der Waals surface area contributed by atoms with Crippen LogP contribution in [0.25, 0.3) is 10.8 Å². The van der Waals surface area contributed by atoms with E-state index in [1.54, 1.807) is 14.2 Å². The number of fused-ring (bicyclic) bond motifs is 1. The summed E-state index contributed by atoms with van der Waals surface area (Å²) in [6, 6.07) is 6.04. The van der Waals surface area contributed by atoms with E-state index in [1.807, 2.05) is 18.3 Å². The summed E-state index contributed by atoms with van der Waals surface area (Å²) in [6.45, 7) is 4.27. The van der Waals surface area contributed by atoms with E-state index >= 15 is 0 Å². The van der Waals surface area contributed by atoms with Crippen molar-refractivity contribution in [1.82, 2.24) is 4.98 Å². The van der Waals surface area contributed by atoms with Gasteiger partial charge >= 0.3 is 0 Å². The summed E-state index contributed by atoms with van der Waals surface area (Å²) in [5.41, 5.74) is 1.09. The molecule has 0 aliphatic rings. The first-order chi connectivity index (χ1) is 8.15. The van der Waals surface area contributed by atoms with Gasteiger partial charge in [0.1, 0.15) is 0 Å². The molecule has 0 N–H and O–H groups in total. The molecule has 1 aromatic heterocycles. The molecule has 0 spiro atoms. The first kappa shape index (κ1) is 11.7. The van der Waals surface area contributed by atoms with Crippen LogP contribution in [0.4, 0.5) is 0 Å². The standard InChI is InChI=1S/C14H17NO2/c1-9(2)12-5-10-6-13(16-3)14(17-4)7-11(10)8-15-12/h5-9H,1-4H3. The van der Waals surface area contributed by atoms with Crippen LogP contribution >= 0.6 is 0 Å². The Balaban J connectivity index is 2.62. The highest BCUT2D eigenvalue weighted by Crippen LogP contribution is 2.32. The summed E-state index contributed by atoms with van der Waals surface area (Å²) in [4.78, 5) is 4.44. The lowest BCUT2D eigenvalue weighted by Gasteiger charge is -2.10. The molecule has 17 heavy (non-hydrogen) atoms. The zero-order valence-corrected chi connectivity index (χ0v) is 10.7. The highest BCUT2D eigenvalue weighted by molar-refractivity contribution is 5.85. The van der Waals surface area contributed by atoms with Gasteiger partial charge in [0.05, 0.1) is 14.2 Å². The molecule has 0 unspecified atom stereocenters. The highest BCUT2D eigenvalue weighted by atomic mass is 16.5. The van der Waals surface area contributed by atoms with Crippen LogP contribution < -0.4 is 9.47 Å². The quantitative estimate of drug-likeness (QED) is 0.811. The zero-order valence-electron chi connectivity index (χ0n) is 10.7. The molecule has 0 aliphatic carbocycles. The summed E-state index contributed by atoms with van der Waals surface area (Å²) >= 11 is 0. The van der Waals surface area contributed by atoms with Gasteiger partial charge < -0.3 is 9.47 Å². The third kappa shape index (κ3) is 2.18. The van der Waals surface area contributed by atoms with E-state index in [0.29, 0.717) is 5.92 Å². The van der Waals surface area contributed by atoms with Crippen molar-refractivity contribution in [2.24, 2.45) is 0 Å². The van der Waals surface area contributed by atoms with Crippen LogP contribution in [0.2, 0.25) is 0 Å². The van der Waals surface area contributed by atoms with Crippen molar-refractivity contribution in [3.63, 3.8) is 0 Å². The minimum Gasteiger partial charge on any atom is -0.493 e. The number of pyridine rings is 1. The molecular weight excluding hydrogens is 214 g/mol. The van der Waals surface area contributed by atoms with E-state index in [2.05, 4.69) is 24.9 Å². The van der Waals surface area contributed by atoms with Gasteiger partial charge in [-0.25, -0.2) is 0 Å². The summed E-state index contributed by atoms with van der Waals surface area (Å²) < 4.78 is 10.6. The third-order valence-electron chi connectivity index (χ3n) is 2.84. The van der Waals surface area contributed by atoms with Gasteiger partial charge in [-0.15, -0.1) is 0 Å². The van der Waals surface area contributed by atoms with E-state index in [4.69, 9.17) is 9.47 Å². The molecule has 3 heteroatoms. The Labute approximate surface area is 101 Å². The summed E-state index contributed by atoms with van der Waals surface area (Å²) in [6.07, 6.45) is 1.88. The Hall–Kier alpha value is -1.77. The van der Waals surface area contributed by atoms with Gasteiger partial charge in [0, 0.05) is 17.3 Å². The molecule has 1 heterocycles. The van der Waals surface area contributed by atoms with Crippen LogP contribution in [0.5, 0.6) is 11.5 Å². The first-order valence-corrected chi connectivity index (χ1v) is 5.67. The molecule has 1 aromatic carbocycles. The van der Waals surface area contributed by atoms with E-state index in [-0.39, 0.29) is 0 Å². The van der Waals surface area contributed by atoms with Crippen molar-refractivity contribution in [1.29, 1.82) is 0 Å². The second-order valence-corrected chi connectivity index (χ2v) is 4.32. The first-order valence-electron chi connectivity index (χ1n) is 5.67. The second-order valence-electron chi connectivity index (χ2n) is 4.32. The maximum Gasteiger partial charge on any atom is 0.161 e. The molecule has 0 fully saturated rings. The molecule has 90 valence electrons. The Bertz CT molecular complexity index is 535. The topological polar surface area (TPSA) is 31.4 Å². The smallest absolute Gasteiger partial charge is 0.161 e. The highest BCUT2D eigenvalue weighted by Gasteiger charge is 2.08. The van der Waals surface area contributed by atoms with Crippen molar-refractivity contribution >= 4 is 10.8 Å². The Morgan fingerprint density at radius 3 is 2.06 bits per heavy atom. The maximum atomic E-state index is 5.30. The lowest BCUT2D eigenvalue weighted by Crippen LogP contribution is -1.94. The fraction of sp³-hybridized carbons (Fsp3) is 0.357. The van der Waals surface area contributed by atoms with Crippen LogP contribution in [0.1, 0.15) is 25.5 Å². The van der Waals surface area contributed by atoms with Crippen LogP contribution in [-0.2, 0) is 0 Å². The molecule has 0 saturated heterocycles. The number of hydrogen-bond donors (Lipinski definition) is 0. The van der Waals surface area contributed by atoms with Gasteiger partial charge in [-0.3, -0.25) is 4.98 Å². The Morgan fingerprint density at radius 1 is 0.941 bits per heavy atom. The predicted octanol–water partition coefficient (Wildman–Crippen LogP) is 3.38. The summed E-state index contributed by atoms with van der Waals surface area (Å²) in [5, 5.41) is 2.19. The van der Waals surface area contributed by atoms with Crippen LogP contribution in [0, 0.1) is 0 Å². The maximum absolute atomic E-state index is 5.30. The van der Waals surface area contributed by atoms with Gasteiger partial charge in [0.2, 0.25) is 0 Å². The fourth-order valence-corrected chi connectivity index (χ4v) is 1.80. The number of aromatic nitrogens is 1. The van der Waals surface area contributed by atoms with Gasteiger partial charge in [-0.2, -0.15) is 0 Å². The van der Waals surface area contributed by atoms with Crippen molar-refractivity contribution in [2.75, 3.05) is 14.2 Å². The minimum absolute atomic E-state index is 0.424. The van der Waals surface area contributed by atoms with Gasteiger partial charge in [0.25, 0.3) is 0 Å². The summed E-state index contributed by atoms with van der Waals surface area (Å²) in [5.74, 6) is 1.91. The lowest BCUT2D eigenvalue weighted by molar-refractivity contribution is 0.356. The number of ether oxygens (including phenoxy) is 2. The SMILES string of the molecule is COc1cc2cnc(C(C)C)cc2cc1OC. The Kier molecular flexibility index (Phi) is 3.18. The predicted molar refractivity (Wildman–Crippen MR) is 68.9 cm³/mol. The molecule has 0 atom stereocenters. The number of rotatable bonds is 3. The van der Waals surface area contributed by atoms with Crippen LogP contribution in [0.3, 0.4) is 0 Å². The summed E-state index contributed by atoms with van der Waals surface area (Å²) in [7, 11) is 3.29.